The van der Waals surface area contributed by atoms with Gasteiger partial charge in [-0.15, -0.1) is 0 Å². The van der Waals surface area contributed by atoms with Gasteiger partial charge in [-0.25, -0.2) is 4.57 Å². The van der Waals surface area contributed by atoms with Crippen LogP contribution in [0.25, 0.3) is 0 Å². The molecule has 0 spiro atoms. The Morgan fingerprint density at radius 3 is 1.69 bits per heavy atom. The third-order valence-electron chi connectivity index (χ3n) is 6.18. The highest BCUT2D eigenvalue weighted by atomic mass is 32.2. The van der Waals surface area contributed by atoms with Crippen LogP contribution in [-0.2, 0) is 24.6 Å². The minimum Gasteiger partial charge on any atom is -0.384 e. The average Bonchev–Trinajstić information content (AvgIpc) is 2.71. The summed E-state index contributed by atoms with van der Waals surface area (Å²) < 4.78 is 35.0. The van der Waals surface area contributed by atoms with Crippen molar-refractivity contribution in [3.63, 3.8) is 0 Å². The highest BCUT2D eigenvalue weighted by Crippen LogP contribution is 2.39. The summed E-state index contributed by atoms with van der Waals surface area (Å²) >= 11 is 0. The fourth-order valence-corrected chi connectivity index (χ4v) is 6.54. The van der Waals surface area contributed by atoms with Crippen molar-refractivity contribution in [2.75, 3.05) is 52.9 Å². The Labute approximate surface area is 219 Å². The lowest BCUT2D eigenvalue weighted by Gasteiger charge is -2.31. The Balaban J connectivity index is 4.05. The molecule has 212 valence electrons. The highest BCUT2D eigenvalue weighted by Gasteiger charge is 2.30. The van der Waals surface area contributed by atoms with Gasteiger partial charge in [0.15, 0.2) is 0 Å². The van der Waals surface area contributed by atoms with Gasteiger partial charge in [-0.1, -0.05) is 90.4 Å². The fourth-order valence-electron chi connectivity index (χ4n) is 4.55. The van der Waals surface area contributed by atoms with Crippen molar-refractivity contribution in [1.29, 1.82) is 0 Å². The number of unbranched alkanes of at least 4 members (excludes halogenated alkanes) is 13. The molecule has 0 saturated heterocycles. The van der Waals surface area contributed by atoms with Crippen LogP contribution in [0.15, 0.2) is 0 Å². The van der Waals surface area contributed by atoms with Gasteiger partial charge in [-0.3, -0.25) is 8.73 Å². The minimum absolute atomic E-state index is 0.0596. The van der Waals surface area contributed by atoms with Gasteiger partial charge in [0, 0.05) is 36.0 Å². The Kier molecular flexibility index (Phi) is 21.3. The number of phosphoric acid groups is 1. The SMILES string of the molecule is CCCCCCCCCCCCCCCCS(=O)CC(COC)CC(C[N+](C)(C)C)OP(=O)(O)O. The van der Waals surface area contributed by atoms with Crippen LogP contribution < -0.4 is 0 Å². The van der Waals surface area contributed by atoms with Crippen LogP contribution in [-0.4, -0.2) is 77.5 Å². The lowest BCUT2D eigenvalue weighted by atomic mass is 10.0. The van der Waals surface area contributed by atoms with E-state index in [1.165, 1.54) is 77.0 Å². The third-order valence-corrected chi connectivity index (χ3v) is 8.34. The van der Waals surface area contributed by atoms with Gasteiger partial charge >= 0.3 is 7.82 Å². The molecule has 0 aromatic heterocycles. The lowest BCUT2D eigenvalue weighted by molar-refractivity contribution is -0.873. The van der Waals surface area contributed by atoms with Gasteiger partial charge in [0.2, 0.25) is 0 Å². The van der Waals surface area contributed by atoms with Crippen molar-refractivity contribution < 1.29 is 32.3 Å². The predicted octanol–water partition coefficient (Wildman–Crippen LogP) is 6.05. The van der Waals surface area contributed by atoms with E-state index in [1.54, 1.807) is 7.11 Å². The molecule has 0 saturated carbocycles. The molecule has 0 rings (SSSR count). The molecular formula is C26H57NO6PS+. The van der Waals surface area contributed by atoms with E-state index < -0.39 is 24.7 Å². The standard InChI is InChI=1S/C26H56NO6PS/c1-6-7-8-9-10-11-12-13-14-15-16-17-18-19-20-35(31)24-25(23-32-5)21-26(22-27(2,3)4)33-34(28,29)30/h25-26H,6-24H2,1-5H3,(H-,28,29,30)/p+1. The highest BCUT2D eigenvalue weighted by molar-refractivity contribution is 7.84. The van der Waals surface area contributed by atoms with Gasteiger partial charge < -0.3 is 19.0 Å². The van der Waals surface area contributed by atoms with Crippen LogP contribution in [0.2, 0.25) is 0 Å². The molecule has 0 aromatic carbocycles. The number of nitrogens with zero attached hydrogens (tertiary/aromatic N) is 1. The number of phosphoric ester groups is 1. The maximum absolute atomic E-state index is 12.7. The lowest BCUT2D eigenvalue weighted by Crippen LogP contribution is -2.43. The van der Waals surface area contributed by atoms with E-state index in [-0.39, 0.29) is 5.92 Å². The summed E-state index contributed by atoms with van der Waals surface area (Å²) in [6, 6.07) is 0. The quantitative estimate of drug-likeness (QED) is 0.0828. The summed E-state index contributed by atoms with van der Waals surface area (Å²) in [5.41, 5.74) is 0. The van der Waals surface area contributed by atoms with Gasteiger partial charge in [0.25, 0.3) is 0 Å². The number of ether oxygens (including phenoxy) is 1. The number of rotatable bonds is 25. The first-order chi connectivity index (χ1) is 16.5. The molecule has 3 unspecified atom stereocenters. The monoisotopic (exact) mass is 542 g/mol. The molecule has 0 aliphatic rings. The molecule has 0 aliphatic carbocycles. The summed E-state index contributed by atoms with van der Waals surface area (Å²) in [6.45, 7) is 3.12. The number of hydrogen-bond donors (Lipinski definition) is 2. The van der Waals surface area contributed by atoms with Crippen molar-refractivity contribution in [1.82, 2.24) is 0 Å². The van der Waals surface area contributed by atoms with Crippen molar-refractivity contribution in [3.05, 3.63) is 0 Å². The minimum atomic E-state index is -4.59. The summed E-state index contributed by atoms with van der Waals surface area (Å²) in [6.07, 6.45) is 18.0. The molecule has 7 nitrogen and oxygen atoms in total. The summed E-state index contributed by atoms with van der Waals surface area (Å²) in [5.74, 6) is 1.10. The van der Waals surface area contributed by atoms with Crippen molar-refractivity contribution >= 4 is 18.6 Å². The van der Waals surface area contributed by atoms with Crippen molar-refractivity contribution in [2.45, 2.75) is 109 Å². The van der Waals surface area contributed by atoms with Gasteiger partial charge in [-0.2, -0.15) is 0 Å². The smallest absolute Gasteiger partial charge is 0.384 e. The second-order valence-corrected chi connectivity index (χ2v) is 14.0. The fraction of sp³-hybridized carbons (Fsp3) is 1.00. The predicted molar refractivity (Wildman–Crippen MR) is 148 cm³/mol. The normalized spacial score (nSPS) is 15.3. The summed E-state index contributed by atoms with van der Waals surface area (Å²) in [4.78, 5) is 18.6. The zero-order valence-electron chi connectivity index (χ0n) is 23.4. The Morgan fingerprint density at radius 1 is 0.829 bits per heavy atom. The molecule has 2 N–H and O–H groups in total. The largest absolute Gasteiger partial charge is 0.470 e. The first kappa shape index (κ1) is 35.2. The zero-order valence-corrected chi connectivity index (χ0v) is 25.1. The van der Waals surface area contributed by atoms with Crippen LogP contribution in [0.5, 0.6) is 0 Å². The molecule has 0 bridgehead atoms. The zero-order chi connectivity index (χ0) is 26.6. The van der Waals surface area contributed by atoms with E-state index in [0.717, 1.165) is 12.8 Å². The number of methoxy groups -OCH3 is 1. The maximum atomic E-state index is 12.7. The molecular weight excluding hydrogens is 485 g/mol. The number of quaternary nitrogens is 1. The topological polar surface area (TPSA) is 93.1 Å². The molecule has 35 heavy (non-hydrogen) atoms. The molecule has 3 atom stereocenters. The van der Waals surface area contributed by atoms with E-state index in [0.29, 0.717) is 35.6 Å². The number of hydrogen-bond acceptors (Lipinski definition) is 4. The van der Waals surface area contributed by atoms with Gasteiger partial charge in [0.05, 0.1) is 21.1 Å². The first-order valence-electron chi connectivity index (χ1n) is 13.8. The molecule has 0 aliphatic heterocycles. The number of likely N-dealkylation sites (N-methyl/N-ethyl adjacent to an activating group) is 1. The van der Waals surface area contributed by atoms with E-state index in [4.69, 9.17) is 9.26 Å². The van der Waals surface area contributed by atoms with Crippen LogP contribution >= 0.6 is 7.82 Å². The van der Waals surface area contributed by atoms with Crippen LogP contribution in [0.3, 0.4) is 0 Å². The van der Waals surface area contributed by atoms with E-state index in [1.807, 2.05) is 21.1 Å². The van der Waals surface area contributed by atoms with Gasteiger partial charge in [0.1, 0.15) is 12.6 Å². The molecule has 0 heterocycles. The second-order valence-electron chi connectivity index (χ2n) is 11.2. The molecule has 0 fully saturated rings. The molecule has 9 heteroatoms. The second kappa shape index (κ2) is 21.2. The van der Waals surface area contributed by atoms with Crippen LogP contribution in [0.4, 0.5) is 0 Å². The third kappa shape index (κ3) is 25.6. The van der Waals surface area contributed by atoms with Crippen molar-refractivity contribution in [3.8, 4) is 0 Å². The van der Waals surface area contributed by atoms with Crippen molar-refractivity contribution in [2.24, 2.45) is 5.92 Å². The molecule has 0 aromatic rings. The first-order valence-corrected chi connectivity index (χ1v) is 16.9. The summed E-state index contributed by atoms with van der Waals surface area (Å²) in [7, 11) is 1.91. The van der Waals surface area contributed by atoms with Crippen LogP contribution in [0, 0.1) is 5.92 Å². The Bertz CT molecular complexity index is 567. The average molecular weight is 543 g/mol. The maximum Gasteiger partial charge on any atom is 0.470 e. The van der Waals surface area contributed by atoms with E-state index in [9.17, 15) is 18.6 Å². The van der Waals surface area contributed by atoms with E-state index in [2.05, 4.69) is 6.92 Å². The Morgan fingerprint density at radius 2 is 1.29 bits per heavy atom. The summed E-state index contributed by atoms with van der Waals surface area (Å²) in [5, 5.41) is 0. The molecule has 0 amide bonds. The molecule has 0 radical (unpaired) electrons. The van der Waals surface area contributed by atoms with E-state index >= 15 is 0 Å². The van der Waals surface area contributed by atoms with Gasteiger partial charge in [-0.05, 0) is 18.8 Å². The van der Waals surface area contributed by atoms with Crippen LogP contribution in [0.1, 0.15) is 103 Å². The Hall–Kier alpha value is 0.180.